The summed E-state index contributed by atoms with van der Waals surface area (Å²) in [4.78, 5) is 13.7. The topological polar surface area (TPSA) is 51.7 Å². The Hall–Kier alpha value is -1.19. The molecule has 0 aromatic carbocycles. The molecule has 0 radical (unpaired) electrons. The van der Waals surface area contributed by atoms with Gasteiger partial charge in [-0.15, -0.1) is 11.3 Å². The molecule has 0 aliphatic carbocycles. The molecule has 4 rings (SSSR count). The average molecular weight is 482 g/mol. The van der Waals surface area contributed by atoms with Gasteiger partial charge in [0.1, 0.15) is 16.8 Å². The second-order valence-electron chi connectivity index (χ2n) is 8.42. The Morgan fingerprint density at radius 2 is 2.10 bits per heavy atom. The molecule has 2 aromatic heterocycles. The Kier molecular flexibility index (Phi) is 7.87. The average Bonchev–Trinajstić information content (AvgIpc) is 3.27. The number of hydrogen-bond donors (Lipinski definition) is 1. The zero-order valence-corrected chi connectivity index (χ0v) is 20.7. The number of piperazine rings is 1. The van der Waals surface area contributed by atoms with Crippen molar-refractivity contribution < 1.29 is 4.21 Å². The Labute approximate surface area is 197 Å². The van der Waals surface area contributed by atoms with Crippen LogP contribution in [0.4, 0.5) is 11.5 Å². The van der Waals surface area contributed by atoms with Gasteiger partial charge in [0.2, 0.25) is 0 Å². The molecule has 4 heterocycles. The summed E-state index contributed by atoms with van der Waals surface area (Å²) < 4.78 is 14.2. The molecule has 2 aromatic rings. The van der Waals surface area contributed by atoms with Crippen LogP contribution in [-0.4, -0.2) is 70.1 Å². The summed E-state index contributed by atoms with van der Waals surface area (Å²) in [6.45, 7) is 8.67. The molecule has 2 aliphatic heterocycles. The predicted octanol–water partition coefficient (Wildman–Crippen LogP) is 4.07. The van der Waals surface area contributed by atoms with E-state index in [2.05, 4.69) is 48.8 Å². The highest BCUT2D eigenvalue weighted by atomic mass is 35.5. The number of rotatable bonds is 7. The van der Waals surface area contributed by atoms with Crippen molar-refractivity contribution in [1.82, 2.24) is 14.8 Å². The summed E-state index contributed by atoms with van der Waals surface area (Å²) in [6, 6.07) is 7.39. The highest BCUT2D eigenvalue weighted by molar-refractivity contribution is 7.85. The minimum Gasteiger partial charge on any atom is -0.353 e. The lowest BCUT2D eigenvalue weighted by atomic mass is 9.98. The second-order valence-corrected chi connectivity index (χ2v) is 11.0. The summed E-state index contributed by atoms with van der Waals surface area (Å²) in [5.74, 6) is 0.831. The van der Waals surface area contributed by atoms with E-state index in [9.17, 15) is 4.21 Å². The number of hydrogen-bond acceptors (Lipinski definition) is 6. The summed E-state index contributed by atoms with van der Waals surface area (Å²) in [6.07, 6.45) is 6.93. The number of piperidine rings is 1. The van der Waals surface area contributed by atoms with Crippen LogP contribution in [0, 0.1) is 0 Å². The minimum atomic E-state index is -1.14. The zero-order valence-electron chi connectivity index (χ0n) is 18.3. The summed E-state index contributed by atoms with van der Waals surface area (Å²) in [5.41, 5.74) is 0.689. The van der Waals surface area contributed by atoms with E-state index in [1.807, 2.05) is 17.4 Å². The highest BCUT2D eigenvalue weighted by Crippen LogP contribution is 2.30. The summed E-state index contributed by atoms with van der Waals surface area (Å²) >= 11 is 8.39. The van der Waals surface area contributed by atoms with Gasteiger partial charge < -0.3 is 9.62 Å². The Balaban J connectivity index is 1.34. The van der Waals surface area contributed by atoms with Crippen LogP contribution in [0.1, 0.15) is 31.1 Å². The Morgan fingerprint density at radius 3 is 2.74 bits per heavy atom. The molecule has 0 bridgehead atoms. The lowest BCUT2D eigenvalue weighted by Crippen LogP contribution is -2.58. The van der Waals surface area contributed by atoms with E-state index in [1.165, 1.54) is 30.8 Å². The van der Waals surface area contributed by atoms with E-state index in [4.69, 9.17) is 11.6 Å². The van der Waals surface area contributed by atoms with Gasteiger partial charge in [-0.05, 0) is 36.8 Å². The third-order valence-electron chi connectivity index (χ3n) is 6.37. The fourth-order valence-corrected chi connectivity index (χ4v) is 6.30. The van der Waals surface area contributed by atoms with Gasteiger partial charge in [0.05, 0.1) is 16.9 Å². The lowest BCUT2D eigenvalue weighted by Gasteiger charge is -2.47. The lowest BCUT2D eigenvalue weighted by molar-refractivity contribution is 0.0613. The quantitative estimate of drug-likeness (QED) is 0.646. The SMILES string of the molecule is CC[C@H]1CN(c2ncc(NS(C)=O)cc2Cl)CCN1C1CCN(Cc2cccs2)CC1. The van der Waals surface area contributed by atoms with Crippen LogP contribution in [0.25, 0.3) is 0 Å². The predicted molar refractivity (Wildman–Crippen MR) is 133 cm³/mol. The maximum Gasteiger partial charge on any atom is 0.147 e. The van der Waals surface area contributed by atoms with Crippen molar-refractivity contribution in [1.29, 1.82) is 0 Å². The molecule has 2 saturated heterocycles. The van der Waals surface area contributed by atoms with E-state index in [-0.39, 0.29) is 0 Å². The number of aromatic nitrogens is 1. The molecule has 0 spiro atoms. The van der Waals surface area contributed by atoms with Gasteiger partial charge in [-0.2, -0.15) is 0 Å². The van der Waals surface area contributed by atoms with Gasteiger partial charge in [-0.25, -0.2) is 9.19 Å². The summed E-state index contributed by atoms with van der Waals surface area (Å²) in [5, 5.41) is 2.78. The number of likely N-dealkylation sites (tertiary alicyclic amines) is 1. The number of pyridine rings is 1. The molecule has 31 heavy (non-hydrogen) atoms. The van der Waals surface area contributed by atoms with Gasteiger partial charge in [0.15, 0.2) is 0 Å². The van der Waals surface area contributed by atoms with E-state index in [0.717, 1.165) is 38.4 Å². The molecule has 0 saturated carbocycles. The highest BCUT2D eigenvalue weighted by Gasteiger charge is 2.33. The fourth-order valence-electron chi connectivity index (χ4n) is 4.82. The number of anilines is 2. The largest absolute Gasteiger partial charge is 0.353 e. The molecule has 2 fully saturated rings. The van der Waals surface area contributed by atoms with Gasteiger partial charge in [0.25, 0.3) is 0 Å². The van der Waals surface area contributed by atoms with Gasteiger partial charge in [-0.1, -0.05) is 24.6 Å². The molecule has 2 atom stereocenters. The monoisotopic (exact) mass is 481 g/mol. The first kappa shape index (κ1) is 23.0. The van der Waals surface area contributed by atoms with Crippen LogP contribution >= 0.6 is 22.9 Å². The zero-order chi connectivity index (χ0) is 21.8. The Bertz CT molecular complexity index is 873. The van der Waals surface area contributed by atoms with Crippen LogP contribution in [-0.2, 0) is 17.5 Å². The van der Waals surface area contributed by atoms with Gasteiger partial charge >= 0.3 is 0 Å². The first-order valence-corrected chi connectivity index (χ1v) is 13.9. The summed E-state index contributed by atoms with van der Waals surface area (Å²) in [7, 11) is -1.14. The van der Waals surface area contributed by atoms with Crippen LogP contribution in [0.3, 0.4) is 0 Å². The van der Waals surface area contributed by atoms with Crippen molar-refractivity contribution in [2.24, 2.45) is 0 Å². The number of nitrogens with one attached hydrogen (secondary N) is 1. The standard InChI is InChI=1S/C22H32ClN5OS2/c1-3-18-15-27(22-21(23)13-17(14-24-22)25-31(2)29)10-11-28(18)19-6-8-26(9-7-19)16-20-5-4-12-30-20/h4-5,12-14,18-19,25H,3,6-11,15-16H2,1-2H3/t18-,31?/m0/s1. The van der Waals surface area contributed by atoms with Crippen molar-refractivity contribution in [3.05, 3.63) is 39.7 Å². The number of thiophene rings is 1. The Morgan fingerprint density at radius 1 is 1.29 bits per heavy atom. The molecule has 0 amide bonds. The molecule has 1 unspecified atom stereocenters. The third kappa shape index (κ3) is 5.79. The molecule has 6 nitrogen and oxygen atoms in total. The molecule has 170 valence electrons. The minimum absolute atomic E-state index is 0.515. The second kappa shape index (κ2) is 10.6. The first-order chi connectivity index (χ1) is 15.0. The normalized spacial score (nSPS) is 22.5. The smallest absolute Gasteiger partial charge is 0.147 e. The van der Waals surface area contributed by atoms with Gasteiger partial charge in [0, 0.05) is 62.5 Å². The van der Waals surface area contributed by atoms with E-state index in [0.29, 0.717) is 22.8 Å². The van der Waals surface area contributed by atoms with Crippen molar-refractivity contribution >= 4 is 45.4 Å². The van der Waals surface area contributed by atoms with Crippen LogP contribution in [0.2, 0.25) is 5.02 Å². The molecule has 9 heteroatoms. The maximum atomic E-state index is 11.4. The fraction of sp³-hybridized carbons (Fsp3) is 0.591. The van der Waals surface area contributed by atoms with Crippen molar-refractivity contribution in [3.8, 4) is 0 Å². The van der Waals surface area contributed by atoms with Crippen molar-refractivity contribution in [3.63, 3.8) is 0 Å². The maximum absolute atomic E-state index is 11.4. The first-order valence-electron chi connectivity index (χ1n) is 11.0. The van der Waals surface area contributed by atoms with E-state index >= 15 is 0 Å². The van der Waals surface area contributed by atoms with Gasteiger partial charge in [-0.3, -0.25) is 9.80 Å². The molecule has 1 N–H and O–H groups in total. The number of nitrogens with zero attached hydrogens (tertiary/aromatic N) is 4. The third-order valence-corrected chi connectivity index (χ3v) is 8.03. The number of halogens is 1. The molecular weight excluding hydrogens is 450 g/mol. The van der Waals surface area contributed by atoms with Crippen LogP contribution < -0.4 is 9.62 Å². The van der Waals surface area contributed by atoms with Crippen molar-refractivity contribution in [2.75, 3.05) is 48.6 Å². The molecule has 2 aliphatic rings. The van der Waals surface area contributed by atoms with Crippen LogP contribution in [0.15, 0.2) is 29.8 Å². The van der Waals surface area contributed by atoms with E-state index < -0.39 is 11.0 Å². The van der Waals surface area contributed by atoms with Crippen LogP contribution in [0.5, 0.6) is 0 Å². The molecular formula is C22H32ClN5OS2. The van der Waals surface area contributed by atoms with Crippen molar-refractivity contribution in [2.45, 2.75) is 44.8 Å². The van der Waals surface area contributed by atoms with E-state index in [1.54, 1.807) is 12.5 Å².